The number of benzene rings is 3. The topological polar surface area (TPSA) is 29.5 Å². The zero-order valence-electron chi connectivity index (χ0n) is 15.8. The Morgan fingerprint density at radius 2 is 1.72 bits per heavy atom. The van der Waals surface area contributed by atoms with Crippen LogP contribution in [0.2, 0.25) is 0 Å². The Morgan fingerprint density at radius 3 is 2.52 bits per heavy atom. The lowest BCUT2D eigenvalue weighted by Gasteiger charge is -2.33. The first-order chi connectivity index (χ1) is 14.2. The SMILES string of the molecule is O=C(OCc1ccccc1)N1CCc2ccccc2[C@@H]1C#Cc1ccc(F)cc1. The third kappa shape index (κ3) is 4.47. The Bertz CT molecular complexity index is 1050. The standard InChI is InChI=1S/C25H20FNO2/c26-22-13-10-19(11-14-22)12-15-24-23-9-5-4-8-21(23)16-17-27(24)25(28)29-18-20-6-2-1-3-7-20/h1-11,13-14,24H,16-18H2/t24-/m0/s1. The predicted molar refractivity (Wildman–Crippen MR) is 109 cm³/mol. The quantitative estimate of drug-likeness (QED) is 0.574. The number of fused-ring (bicyclic) bond motifs is 1. The van der Waals surface area contributed by atoms with E-state index in [2.05, 4.69) is 17.9 Å². The van der Waals surface area contributed by atoms with Crippen molar-refractivity contribution in [3.05, 3.63) is 107 Å². The number of carbonyl (C=O) groups excluding carboxylic acids is 1. The molecule has 1 aliphatic rings. The highest BCUT2D eigenvalue weighted by atomic mass is 19.1. The van der Waals surface area contributed by atoms with Crippen molar-refractivity contribution in [2.75, 3.05) is 6.54 Å². The van der Waals surface area contributed by atoms with Gasteiger partial charge in [-0.05, 0) is 47.4 Å². The second-order valence-electron chi connectivity index (χ2n) is 6.86. The van der Waals surface area contributed by atoms with Gasteiger partial charge in [-0.3, -0.25) is 4.90 Å². The summed E-state index contributed by atoms with van der Waals surface area (Å²) in [6.45, 7) is 0.753. The van der Waals surface area contributed by atoms with Crippen LogP contribution in [-0.2, 0) is 17.8 Å². The van der Waals surface area contributed by atoms with Gasteiger partial charge in [0.05, 0.1) is 0 Å². The van der Waals surface area contributed by atoms with Crippen LogP contribution in [0.25, 0.3) is 0 Å². The Hall–Kier alpha value is -3.58. The molecule has 1 aliphatic heterocycles. The van der Waals surface area contributed by atoms with Crippen LogP contribution < -0.4 is 0 Å². The molecule has 1 amide bonds. The highest BCUT2D eigenvalue weighted by Gasteiger charge is 2.30. The van der Waals surface area contributed by atoms with Gasteiger partial charge in [-0.1, -0.05) is 66.4 Å². The minimum atomic E-state index is -0.409. The van der Waals surface area contributed by atoms with Crippen molar-refractivity contribution in [2.24, 2.45) is 0 Å². The van der Waals surface area contributed by atoms with E-state index in [1.807, 2.05) is 48.5 Å². The summed E-state index contributed by atoms with van der Waals surface area (Å²) in [6, 6.07) is 23.2. The lowest BCUT2D eigenvalue weighted by Crippen LogP contribution is -2.39. The Kier molecular flexibility index (Phi) is 5.58. The van der Waals surface area contributed by atoms with Gasteiger partial charge in [-0.15, -0.1) is 0 Å². The average molecular weight is 385 g/mol. The number of hydrogen-bond acceptors (Lipinski definition) is 2. The summed E-state index contributed by atoms with van der Waals surface area (Å²) < 4.78 is 18.7. The summed E-state index contributed by atoms with van der Waals surface area (Å²) in [5, 5.41) is 0. The smallest absolute Gasteiger partial charge is 0.411 e. The van der Waals surface area contributed by atoms with Gasteiger partial charge >= 0.3 is 6.09 Å². The maximum Gasteiger partial charge on any atom is 0.411 e. The minimum Gasteiger partial charge on any atom is -0.445 e. The fourth-order valence-electron chi connectivity index (χ4n) is 3.41. The van der Waals surface area contributed by atoms with Gasteiger partial charge in [-0.25, -0.2) is 9.18 Å². The number of ether oxygens (including phenoxy) is 1. The average Bonchev–Trinajstić information content (AvgIpc) is 2.77. The van der Waals surface area contributed by atoms with E-state index in [1.54, 1.807) is 17.0 Å². The van der Waals surface area contributed by atoms with Crippen LogP contribution >= 0.6 is 0 Å². The normalized spacial score (nSPS) is 15.1. The Balaban J connectivity index is 1.58. The number of rotatable bonds is 2. The summed E-state index contributed by atoms with van der Waals surface area (Å²) >= 11 is 0. The van der Waals surface area contributed by atoms with Crippen molar-refractivity contribution in [2.45, 2.75) is 19.1 Å². The molecule has 0 saturated heterocycles. The maximum absolute atomic E-state index is 13.2. The first kappa shape index (κ1) is 18.8. The van der Waals surface area contributed by atoms with E-state index < -0.39 is 6.04 Å². The van der Waals surface area contributed by atoms with E-state index in [4.69, 9.17) is 4.74 Å². The van der Waals surface area contributed by atoms with Crippen molar-refractivity contribution in [1.82, 2.24) is 4.90 Å². The largest absolute Gasteiger partial charge is 0.445 e. The fraction of sp³-hybridized carbons (Fsp3) is 0.160. The third-order valence-electron chi connectivity index (χ3n) is 4.92. The molecule has 0 radical (unpaired) electrons. The van der Waals surface area contributed by atoms with Crippen LogP contribution in [-0.4, -0.2) is 17.5 Å². The molecule has 4 heteroatoms. The summed E-state index contributed by atoms with van der Waals surface area (Å²) in [6.07, 6.45) is 0.368. The lowest BCUT2D eigenvalue weighted by atomic mass is 9.93. The number of amides is 1. The summed E-state index contributed by atoms with van der Waals surface area (Å²) in [5.74, 6) is 5.97. The molecule has 3 aromatic rings. The van der Waals surface area contributed by atoms with Gasteiger partial charge in [0.1, 0.15) is 18.5 Å². The van der Waals surface area contributed by atoms with Gasteiger partial charge in [-0.2, -0.15) is 0 Å². The van der Waals surface area contributed by atoms with E-state index in [9.17, 15) is 9.18 Å². The molecule has 3 nitrogen and oxygen atoms in total. The zero-order valence-corrected chi connectivity index (χ0v) is 15.8. The number of hydrogen-bond donors (Lipinski definition) is 0. The van der Waals surface area contributed by atoms with Gasteiger partial charge in [0, 0.05) is 12.1 Å². The Labute approximate surface area is 169 Å². The number of carbonyl (C=O) groups is 1. The second-order valence-corrected chi connectivity index (χ2v) is 6.86. The van der Waals surface area contributed by atoms with Crippen LogP contribution in [0.1, 0.15) is 28.3 Å². The molecule has 4 rings (SSSR count). The molecule has 0 spiro atoms. The number of nitrogens with zero attached hydrogens (tertiary/aromatic N) is 1. The van der Waals surface area contributed by atoms with Gasteiger partial charge in [0.25, 0.3) is 0 Å². The van der Waals surface area contributed by atoms with Crippen LogP contribution in [0.15, 0.2) is 78.9 Å². The van der Waals surface area contributed by atoms with E-state index in [1.165, 1.54) is 17.7 Å². The molecule has 1 atom stereocenters. The highest BCUT2D eigenvalue weighted by molar-refractivity contribution is 5.70. The minimum absolute atomic E-state index is 0.218. The molecule has 144 valence electrons. The monoisotopic (exact) mass is 385 g/mol. The van der Waals surface area contributed by atoms with Crippen LogP contribution in [0.3, 0.4) is 0 Å². The molecule has 0 aromatic heterocycles. The van der Waals surface area contributed by atoms with Crippen molar-refractivity contribution < 1.29 is 13.9 Å². The molecule has 0 saturated carbocycles. The highest BCUT2D eigenvalue weighted by Crippen LogP contribution is 2.30. The van der Waals surface area contributed by atoms with Gasteiger partial charge < -0.3 is 4.74 Å². The van der Waals surface area contributed by atoms with E-state index >= 15 is 0 Å². The summed E-state index contributed by atoms with van der Waals surface area (Å²) in [7, 11) is 0. The van der Waals surface area contributed by atoms with Crippen LogP contribution in [0.5, 0.6) is 0 Å². The molecule has 29 heavy (non-hydrogen) atoms. The predicted octanol–water partition coefficient (Wildman–Crippen LogP) is 5.11. The molecule has 0 fully saturated rings. The van der Waals surface area contributed by atoms with Crippen LogP contribution in [0.4, 0.5) is 9.18 Å². The molecular weight excluding hydrogens is 365 g/mol. The fourth-order valence-corrected chi connectivity index (χ4v) is 3.41. The van der Waals surface area contributed by atoms with Gasteiger partial charge in [0.2, 0.25) is 0 Å². The van der Waals surface area contributed by atoms with Crippen molar-refractivity contribution in [1.29, 1.82) is 0 Å². The first-order valence-corrected chi connectivity index (χ1v) is 9.53. The van der Waals surface area contributed by atoms with Crippen LogP contribution in [0, 0.1) is 17.7 Å². The molecule has 3 aromatic carbocycles. The third-order valence-corrected chi connectivity index (χ3v) is 4.92. The van der Waals surface area contributed by atoms with E-state index in [-0.39, 0.29) is 18.5 Å². The van der Waals surface area contributed by atoms with Gasteiger partial charge in [0.15, 0.2) is 0 Å². The number of halogens is 1. The summed E-state index contributed by atoms with van der Waals surface area (Å²) in [5.41, 5.74) is 3.82. The molecule has 0 N–H and O–H groups in total. The zero-order chi connectivity index (χ0) is 20.1. The van der Waals surface area contributed by atoms with Crippen molar-refractivity contribution in [3.8, 4) is 11.8 Å². The maximum atomic E-state index is 13.2. The second kappa shape index (κ2) is 8.62. The first-order valence-electron chi connectivity index (χ1n) is 9.53. The molecule has 1 heterocycles. The van der Waals surface area contributed by atoms with E-state index in [0.29, 0.717) is 12.1 Å². The summed E-state index contributed by atoms with van der Waals surface area (Å²) in [4.78, 5) is 14.5. The molecule has 0 aliphatic carbocycles. The molecule has 0 bridgehead atoms. The Morgan fingerprint density at radius 1 is 1.00 bits per heavy atom. The lowest BCUT2D eigenvalue weighted by molar-refractivity contribution is 0.0862. The molecule has 0 unspecified atom stereocenters. The van der Waals surface area contributed by atoms with E-state index in [0.717, 1.165) is 17.5 Å². The van der Waals surface area contributed by atoms with Crippen molar-refractivity contribution >= 4 is 6.09 Å². The van der Waals surface area contributed by atoms with Crippen molar-refractivity contribution in [3.63, 3.8) is 0 Å². The molecular formula is C25H20FNO2.